The summed E-state index contributed by atoms with van der Waals surface area (Å²) in [6.07, 6.45) is 16.7. The van der Waals surface area contributed by atoms with Gasteiger partial charge in [0.15, 0.2) is 0 Å². The van der Waals surface area contributed by atoms with Crippen LogP contribution in [0.1, 0.15) is 25.0 Å². The van der Waals surface area contributed by atoms with Gasteiger partial charge < -0.3 is 0 Å². The van der Waals surface area contributed by atoms with Gasteiger partial charge in [0.1, 0.15) is 0 Å². The lowest BCUT2D eigenvalue weighted by atomic mass is 9.84. The van der Waals surface area contributed by atoms with Gasteiger partial charge in [0.05, 0.1) is 11.9 Å². The largest absolute Gasteiger partial charge is 0.285 e. The van der Waals surface area contributed by atoms with Gasteiger partial charge in [0.25, 0.3) is 0 Å². The smallest absolute Gasteiger partial charge is 0.0563 e. The number of nitrogens with zero attached hydrogens (tertiary/aromatic N) is 3. The highest BCUT2D eigenvalue weighted by atomic mass is 15.1. The average molecular weight is 304 g/mol. The second kappa shape index (κ2) is 7.01. The van der Waals surface area contributed by atoms with Gasteiger partial charge >= 0.3 is 0 Å². The number of aliphatic imine (C=N–C) groups is 1. The van der Waals surface area contributed by atoms with Gasteiger partial charge in [0.2, 0.25) is 0 Å². The van der Waals surface area contributed by atoms with Crippen LogP contribution in [0.5, 0.6) is 0 Å². The van der Waals surface area contributed by atoms with E-state index in [1.807, 2.05) is 44.7 Å². The first-order chi connectivity index (χ1) is 11.4. The Labute approximate surface area is 136 Å². The molecule has 1 N–H and O–H groups in total. The molecule has 0 saturated heterocycles. The van der Waals surface area contributed by atoms with E-state index in [1.165, 1.54) is 16.7 Å². The van der Waals surface area contributed by atoms with Gasteiger partial charge in [-0.05, 0) is 22.8 Å². The molecule has 1 aliphatic heterocycles. The number of hydrogen-bond donors (Lipinski definition) is 1. The van der Waals surface area contributed by atoms with E-state index in [4.69, 9.17) is 0 Å². The molecule has 0 spiro atoms. The normalized spacial score (nSPS) is 18.3. The first-order valence-corrected chi connectivity index (χ1v) is 7.95. The Bertz CT molecular complexity index is 765. The highest BCUT2D eigenvalue weighted by molar-refractivity contribution is 6.13. The first kappa shape index (κ1) is 15.2. The molecule has 0 bridgehead atoms. The van der Waals surface area contributed by atoms with E-state index in [0.29, 0.717) is 0 Å². The van der Waals surface area contributed by atoms with E-state index in [2.05, 4.69) is 44.5 Å². The summed E-state index contributed by atoms with van der Waals surface area (Å²) in [4.78, 5) is 8.83. The molecule has 2 aromatic rings. The monoisotopic (exact) mass is 304 g/mol. The third-order valence-corrected chi connectivity index (χ3v) is 3.85. The van der Waals surface area contributed by atoms with Crippen LogP contribution in [0.2, 0.25) is 0 Å². The van der Waals surface area contributed by atoms with Gasteiger partial charge in [-0.25, -0.2) is 0 Å². The molecule has 0 radical (unpaired) electrons. The van der Waals surface area contributed by atoms with Crippen molar-refractivity contribution in [3.63, 3.8) is 0 Å². The van der Waals surface area contributed by atoms with E-state index in [1.54, 1.807) is 6.20 Å². The second-order valence-electron chi connectivity index (χ2n) is 5.18. The number of hydrogen-bond acceptors (Lipinski definition) is 3. The highest BCUT2D eigenvalue weighted by Gasteiger charge is 2.28. The molecule has 1 atom stereocenters. The number of aromatic nitrogens is 3. The lowest BCUT2D eigenvalue weighted by molar-refractivity contribution is 1.09. The topological polar surface area (TPSA) is 53.9 Å². The molecule has 0 saturated carbocycles. The molecule has 0 amide bonds. The predicted octanol–water partition coefficient (Wildman–Crippen LogP) is 3.98. The van der Waals surface area contributed by atoms with Crippen LogP contribution < -0.4 is 0 Å². The van der Waals surface area contributed by atoms with Crippen molar-refractivity contribution in [1.82, 2.24) is 15.2 Å². The average Bonchev–Trinajstić information content (AvgIpc) is 3.27. The van der Waals surface area contributed by atoms with E-state index in [0.717, 1.165) is 17.7 Å². The molecule has 0 aromatic carbocycles. The molecule has 4 rings (SSSR count). The number of rotatable bonds is 3. The predicted molar refractivity (Wildman–Crippen MR) is 94.0 cm³/mol. The number of aromatic amines is 1. The Hall–Kier alpha value is -2.75. The molecular formula is C19H20N4. The van der Waals surface area contributed by atoms with Crippen molar-refractivity contribution in [2.75, 3.05) is 0 Å². The molecular weight excluding hydrogens is 284 g/mol. The molecule has 4 heteroatoms. The zero-order valence-electron chi connectivity index (χ0n) is 13.4. The number of H-pyrrole nitrogens is 1. The third kappa shape index (κ3) is 3.06. The standard InChI is InChI=1S/C17H14N4.C2H6/c1-4-13(7-12-3-2-6-18-8-12)17-15(5-1)16(11-19-17)14-9-20-21-10-14;1-2/h1-6,8-11,15H,7H2,(H,20,21);1-2H3. The maximum atomic E-state index is 4.65. The Morgan fingerprint density at radius 1 is 1.22 bits per heavy atom. The summed E-state index contributed by atoms with van der Waals surface area (Å²) in [7, 11) is 0. The lowest BCUT2D eigenvalue weighted by Gasteiger charge is -2.18. The Balaban J connectivity index is 0.000000753. The summed E-state index contributed by atoms with van der Waals surface area (Å²) in [5, 5.41) is 6.89. The van der Waals surface area contributed by atoms with Crippen LogP contribution in [0.15, 0.2) is 71.9 Å². The summed E-state index contributed by atoms with van der Waals surface area (Å²) in [5.74, 6) is 0.235. The van der Waals surface area contributed by atoms with Crippen LogP contribution in [0.3, 0.4) is 0 Å². The lowest BCUT2D eigenvalue weighted by Crippen LogP contribution is -2.17. The van der Waals surface area contributed by atoms with Gasteiger partial charge in [-0.2, -0.15) is 5.10 Å². The Morgan fingerprint density at radius 2 is 2.13 bits per heavy atom. The zero-order valence-corrected chi connectivity index (χ0v) is 13.4. The van der Waals surface area contributed by atoms with E-state index in [9.17, 15) is 0 Å². The molecule has 2 aliphatic rings. The van der Waals surface area contributed by atoms with Crippen LogP contribution in [0.4, 0.5) is 0 Å². The molecule has 2 aromatic heterocycles. The third-order valence-electron chi connectivity index (χ3n) is 3.85. The molecule has 116 valence electrons. The van der Waals surface area contributed by atoms with Crippen LogP contribution in [0.25, 0.3) is 5.57 Å². The van der Waals surface area contributed by atoms with Crippen LogP contribution in [0, 0.1) is 5.92 Å². The van der Waals surface area contributed by atoms with Gasteiger partial charge in [-0.1, -0.05) is 38.1 Å². The van der Waals surface area contributed by atoms with Crippen molar-refractivity contribution in [3.05, 3.63) is 78.0 Å². The van der Waals surface area contributed by atoms with Crippen molar-refractivity contribution in [1.29, 1.82) is 0 Å². The minimum absolute atomic E-state index is 0.235. The van der Waals surface area contributed by atoms with Crippen molar-refractivity contribution < 1.29 is 0 Å². The van der Waals surface area contributed by atoms with Gasteiger partial charge in [-0.3, -0.25) is 15.1 Å². The fourth-order valence-corrected chi connectivity index (χ4v) is 2.83. The summed E-state index contributed by atoms with van der Waals surface area (Å²) in [6.45, 7) is 4.00. The Morgan fingerprint density at radius 3 is 2.87 bits per heavy atom. The van der Waals surface area contributed by atoms with Gasteiger partial charge in [-0.15, -0.1) is 0 Å². The summed E-state index contributed by atoms with van der Waals surface area (Å²) < 4.78 is 0. The quantitative estimate of drug-likeness (QED) is 0.932. The molecule has 1 unspecified atom stereocenters. The summed E-state index contributed by atoms with van der Waals surface area (Å²) >= 11 is 0. The SMILES string of the molecule is C1=CC2C(c3cn[nH]c3)=CN=C2C(Cc2cccnc2)=C1.CC. The van der Waals surface area contributed by atoms with Crippen LogP contribution >= 0.6 is 0 Å². The number of fused-ring (bicyclic) bond motifs is 1. The molecule has 23 heavy (non-hydrogen) atoms. The zero-order chi connectivity index (χ0) is 16.1. The van der Waals surface area contributed by atoms with Crippen molar-refractivity contribution >= 4 is 11.3 Å². The van der Waals surface area contributed by atoms with E-state index >= 15 is 0 Å². The number of pyridine rings is 1. The highest BCUT2D eigenvalue weighted by Crippen LogP contribution is 2.35. The van der Waals surface area contributed by atoms with Crippen LogP contribution in [-0.2, 0) is 6.42 Å². The molecule has 1 aliphatic carbocycles. The van der Waals surface area contributed by atoms with Crippen molar-refractivity contribution in [2.45, 2.75) is 20.3 Å². The second-order valence-corrected chi connectivity index (χ2v) is 5.18. The van der Waals surface area contributed by atoms with E-state index in [-0.39, 0.29) is 5.92 Å². The molecule has 0 fully saturated rings. The maximum absolute atomic E-state index is 4.65. The maximum Gasteiger partial charge on any atom is 0.0563 e. The Kier molecular flexibility index (Phi) is 4.62. The number of allylic oxidation sites excluding steroid dienone is 5. The fourth-order valence-electron chi connectivity index (χ4n) is 2.83. The van der Waals surface area contributed by atoms with Crippen molar-refractivity contribution in [3.8, 4) is 0 Å². The van der Waals surface area contributed by atoms with Crippen LogP contribution in [-0.4, -0.2) is 20.9 Å². The molecule has 4 nitrogen and oxygen atoms in total. The minimum Gasteiger partial charge on any atom is -0.285 e. The van der Waals surface area contributed by atoms with E-state index < -0.39 is 0 Å². The first-order valence-electron chi connectivity index (χ1n) is 7.95. The van der Waals surface area contributed by atoms with Gasteiger partial charge in [0, 0.05) is 42.7 Å². The molecule has 3 heterocycles. The van der Waals surface area contributed by atoms with Crippen molar-refractivity contribution in [2.24, 2.45) is 10.9 Å². The fraction of sp³-hybridized carbons (Fsp3) is 0.211. The summed E-state index contributed by atoms with van der Waals surface area (Å²) in [6, 6.07) is 4.07. The minimum atomic E-state index is 0.235. The number of nitrogens with one attached hydrogen (secondary N) is 1. The summed E-state index contributed by atoms with van der Waals surface area (Å²) in [5.41, 5.74) is 5.90.